The predicted octanol–water partition coefficient (Wildman–Crippen LogP) is 2.62. The van der Waals surface area contributed by atoms with Crippen LogP contribution < -0.4 is 5.32 Å². The van der Waals surface area contributed by atoms with Crippen LogP contribution in [-0.4, -0.2) is 30.6 Å². The third-order valence-corrected chi connectivity index (χ3v) is 6.26. The highest BCUT2D eigenvalue weighted by Gasteiger charge is 2.44. The lowest BCUT2D eigenvalue weighted by molar-refractivity contribution is -0.128. The van der Waals surface area contributed by atoms with Gasteiger partial charge in [-0.25, -0.2) is 12.7 Å². The summed E-state index contributed by atoms with van der Waals surface area (Å²) in [5.41, 5.74) is 2.46. The molecule has 1 heterocycles. The Balaban J connectivity index is 1.90. The number of benzene rings is 2. The molecule has 26 heavy (non-hydrogen) atoms. The molecule has 1 atom stereocenters. The summed E-state index contributed by atoms with van der Waals surface area (Å²) in [7, 11) is -4.07. The standard InChI is InChI=1S/C19H20N2O4S/c1-13-8-9-14(2)16(12-13)20-19(23)17-10-11-18(22)21(17)26(24,25)15-6-4-3-5-7-15/h3-9,12,17H,10-11H2,1-2H3,(H,20,23). The van der Waals surface area contributed by atoms with Gasteiger partial charge in [0.2, 0.25) is 11.8 Å². The van der Waals surface area contributed by atoms with Crippen LogP contribution in [-0.2, 0) is 19.6 Å². The molecule has 0 bridgehead atoms. The molecule has 7 heteroatoms. The van der Waals surface area contributed by atoms with Gasteiger partial charge in [-0.1, -0.05) is 30.3 Å². The number of hydrogen-bond acceptors (Lipinski definition) is 4. The van der Waals surface area contributed by atoms with E-state index in [-0.39, 0.29) is 17.7 Å². The molecule has 0 saturated carbocycles. The van der Waals surface area contributed by atoms with E-state index in [4.69, 9.17) is 0 Å². The lowest BCUT2D eigenvalue weighted by Gasteiger charge is -2.24. The minimum Gasteiger partial charge on any atom is -0.324 e. The normalized spacial score (nSPS) is 17.4. The van der Waals surface area contributed by atoms with E-state index in [9.17, 15) is 18.0 Å². The SMILES string of the molecule is Cc1ccc(C)c(NC(=O)C2CCC(=O)N2S(=O)(=O)c2ccccc2)c1. The van der Waals surface area contributed by atoms with E-state index in [1.165, 1.54) is 12.1 Å². The number of sulfonamides is 1. The molecule has 0 radical (unpaired) electrons. The molecule has 2 aromatic carbocycles. The number of hydrogen-bond donors (Lipinski definition) is 1. The Bertz CT molecular complexity index is 955. The van der Waals surface area contributed by atoms with Crippen molar-refractivity contribution in [1.82, 2.24) is 4.31 Å². The fourth-order valence-corrected chi connectivity index (χ4v) is 4.62. The molecule has 0 aromatic heterocycles. The molecule has 1 aliphatic rings. The molecular weight excluding hydrogens is 352 g/mol. The van der Waals surface area contributed by atoms with Crippen molar-refractivity contribution in [3.05, 3.63) is 59.7 Å². The Kier molecular flexibility index (Phi) is 4.82. The van der Waals surface area contributed by atoms with Gasteiger partial charge in [0.25, 0.3) is 10.0 Å². The van der Waals surface area contributed by atoms with Crippen molar-refractivity contribution in [2.45, 2.75) is 37.6 Å². The van der Waals surface area contributed by atoms with E-state index < -0.39 is 27.9 Å². The summed E-state index contributed by atoms with van der Waals surface area (Å²) in [4.78, 5) is 25.0. The van der Waals surface area contributed by atoms with E-state index in [0.717, 1.165) is 15.4 Å². The van der Waals surface area contributed by atoms with Crippen LogP contribution in [0.3, 0.4) is 0 Å². The van der Waals surface area contributed by atoms with Gasteiger partial charge in [-0.3, -0.25) is 9.59 Å². The first-order valence-electron chi connectivity index (χ1n) is 8.31. The summed E-state index contributed by atoms with van der Waals surface area (Å²) in [6.07, 6.45) is 0.193. The maximum atomic E-state index is 12.9. The number of rotatable bonds is 4. The minimum atomic E-state index is -4.07. The van der Waals surface area contributed by atoms with Gasteiger partial charge in [-0.15, -0.1) is 0 Å². The minimum absolute atomic E-state index is 0.000198. The molecule has 0 aliphatic carbocycles. The average Bonchev–Trinajstić information content (AvgIpc) is 3.01. The smallest absolute Gasteiger partial charge is 0.267 e. The van der Waals surface area contributed by atoms with E-state index >= 15 is 0 Å². The van der Waals surface area contributed by atoms with Crippen LogP contribution in [0.1, 0.15) is 24.0 Å². The number of anilines is 1. The van der Waals surface area contributed by atoms with Crippen LogP contribution in [0, 0.1) is 13.8 Å². The third-order valence-electron chi connectivity index (χ3n) is 4.41. The first-order chi connectivity index (χ1) is 12.3. The van der Waals surface area contributed by atoms with Crippen LogP contribution in [0.25, 0.3) is 0 Å². The summed E-state index contributed by atoms with van der Waals surface area (Å²) in [6, 6.07) is 12.3. The number of amides is 2. The van der Waals surface area contributed by atoms with Crippen LogP contribution >= 0.6 is 0 Å². The second kappa shape index (κ2) is 6.92. The molecule has 0 spiro atoms. The molecule has 6 nitrogen and oxygen atoms in total. The highest BCUT2D eigenvalue weighted by atomic mass is 32.2. The second-order valence-corrected chi connectivity index (χ2v) is 8.18. The maximum Gasteiger partial charge on any atom is 0.267 e. The number of nitrogens with one attached hydrogen (secondary N) is 1. The van der Waals surface area contributed by atoms with Crippen LogP contribution in [0.5, 0.6) is 0 Å². The molecule has 1 fully saturated rings. The van der Waals surface area contributed by atoms with Gasteiger partial charge in [-0.05, 0) is 49.6 Å². The molecule has 1 saturated heterocycles. The fourth-order valence-electron chi connectivity index (χ4n) is 2.99. The van der Waals surface area contributed by atoms with Gasteiger partial charge in [0, 0.05) is 12.1 Å². The predicted molar refractivity (Wildman–Crippen MR) is 98.0 cm³/mol. The zero-order chi connectivity index (χ0) is 18.9. The van der Waals surface area contributed by atoms with Crippen LogP contribution in [0.4, 0.5) is 5.69 Å². The summed E-state index contributed by atoms with van der Waals surface area (Å²) in [5, 5.41) is 2.77. The van der Waals surface area contributed by atoms with E-state index in [2.05, 4.69) is 5.32 Å². The van der Waals surface area contributed by atoms with Gasteiger partial charge >= 0.3 is 0 Å². The van der Waals surface area contributed by atoms with Gasteiger partial charge in [-0.2, -0.15) is 0 Å². The van der Waals surface area contributed by atoms with Crippen LogP contribution in [0.2, 0.25) is 0 Å². The largest absolute Gasteiger partial charge is 0.324 e. The Morgan fingerprint density at radius 1 is 1.12 bits per heavy atom. The molecule has 136 valence electrons. The van der Waals surface area contributed by atoms with Gasteiger partial charge in [0.1, 0.15) is 6.04 Å². The average molecular weight is 372 g/mol. The first-order valence-corrected chi connectivity index (χ1v) is 9.75. The highest BCUT2D eigenvalue weighted by Crippen LogP contribution is 2.28. The Morgan fingerprint density at radius 3 is 2.50 bits per heavy atom. The van der Waals surface area contributed by atoms with Crippen molar-refractivity contribution in [1.29, 1.82) is 0 Å². The second-order valence-electron chi connectivity index (χ2n) is 6.37. The van der Waals surface area contributed by atoms with Gasteiger partial charge < -0.3 is 5.32 Å². The van der Waals surface area contributed by atoms with Gasteiger partial charge in [0.15, 0.2) is 0 Å². The van der Waals surface area contributed by atoms with E-state index in [0.29, 0.717) is 5.69 Å². The van der Waals surface area contributed by atoms with E-state index in [1.54, 1.807) is 18.2 Å². The molecule has 2 amide bonds. The van der Waals surface area contributed by atoms with Crippen molar-refractivity contribution < 1.29 is 18.0 Å². The molecule has 3 rings (SSSR count). The summed E-state index contributed by atoms with van der Waals surface area (Å²) >= 11 is 0. The highest BCUT2D eigenvalue weighted by molar-refractivity contribution is 7.89. The quantitative estimate of drug-likeness (QED) is 0.894. The summed E-state index contributed by atoms with van der Waals surface area (Å²) in [6.45, 7) is 3.76. The fraction of sp³-hybridized carbons (Fsp3) is 0.263. The van der Waals surface area contributed by atoms with Crippen LogP contribution in [0.15, 0.2) is 53.4 Å². The Morgan fingerprint density at radius 2 is 1.81 bits per heavy atom. The Labute approximate surface area is 152 Å². The van der Waals surface area contributed by atoms with Crippen molar-refractivity contribution in [3.8, 4) is 0 Å². The lowest BCUT2D eigenvalue weighted by Crippen LogP contribution is -2.45. The molecule has 1 unspecified atom stereocenters. The zero-order valence-corrected chi connectivity index (χ0v) is 15.4. The number of aryl methyl sites for hydroxylation is 2. The summed E-state index contributed by atoms with van der Waals surface area (Å²) < 4.78 is 26.4. The number of carbonyl (C=O) groups is 2. The van der Waals surface area contributed by atoms with Crippen molar-refractivity contribution in [3.63, 3.8) is 0 Å². The lowest BCUT2D eigenvalue weighted by atomic mass is 10.1. The molecule has 2 aromatic rings. The third kappa shape index (κ3) is 3.35. The van der Waals surface area contributed by atoms with Gasteiger partial charge in [0.05, 0.1) is 4.90 Å². The number of carbonyl (C=O) groups excluding carboxylic acids is 2. The van der Waals surface area contributed by atoms with Crippen molar-refractivity contribution >= 4 is 27.5 Å². The molecule has 1 N–H and O–H groups in total. The molecular formula is C19H20N2O4S. The molecule has 1 aliphatic heterocycles. The van der Waals surface area contributed by atoms with Crippen molar-refractivity contribution in [2.24, 2.45) is 0 Å². The monoisotopic (exact) mass is 372 g/mol. The van der Waals surface area contributed by atoms with E-state index in [1.807, 2.05) is 32.0 Å². The summed E-state index contributed by atoms with van der Waals surface area (Å²) in [5.74, 6) is -1.06. The maximum absolute atomic E-state index is 12.9. The first kappa shape index (κ1) is 18.1. The topological polar surface area (TPSA) is 83.6 Å². The Hall–Kier alpha value is -2.67. The van der Waals surface area contributed by atoms with Crippen molar-refractivity contribution in [2.75, 3.05) is 5.32 Å². The zero-order valence-electron chi connectivity index (χ0n) is 14.6. The number of nitrogens with zero attached hydrogens (tertiary/aromatic N) is 1.